The minimum absolute atomic E-state index is 0.0307. The number of amides is 1. The van der Waals surface area contributed by atoms with E-state index in [0.29, 0.717) is 49.0 Å². The van der Waals surface area contributed by atoms with Crippen LogP contribution in [0.15, 0.2) is 70.6 Å². The van der Waals surface area contributed by atoms with Gasteiger partial charge in [0.05, 0.1) is 34.8 Å². The van der Waals surface area contributed by atoms with Crippen LogP contribution in [0.4, 0.5) is 32.0 Å². The van der Waals surface area contributed by atoms with E-state index in [1.807, 2.05) is 30.4 Å². The summed E-state index contributed by atoms with van der Waals surface area (Å²) in [6, 6.07) is 8.02. The molecule has 2 aromatic rings. The molecule has 5 rings (SSSR count). The number of rotatable bonds is 5. The number of hydrogen-bond donors (Lipinski definition) is 4. The van der Waals surface area contributed by atoms with Crippen LogP contribution in [0.25, 0.3) is 0 Å². The first-order chi connectivity index (χ1) is 21.1. The number of aliphatic hydroxyl groups excluding tert-OH is 1. The summed E-state index contributed by atoms with van der Waals surface area (Å²) in [4.78, 5) is 19.8. The molecule has 0 spiro atoms. The van der Waals surface area contributed by atoms with Gasteiger partial charge in [-0.15, -0.1) is 0 Å². The maximum Gasteiger partial charge on any atom is 0.431 e. The second-order valence-corrected chi connectivity index (χ2v) is 11.9. The Bertz CT molecular complexity index is 1600. The van der Waals surface area contributed by atoms with Gasteiger partial charge in [-0.3, -0.25) is 14.7 Å². The Balaban J connectivity index is 1.50. The fourth-order valence-electron chi connectivity index (χ4n) is 6.28. The molecule has 1 amide bonds. The molecule has 3 unspecified atom stereocenters. The van der Waals surface area contributed by atoms with Crippen molar-refractivity contribution in [2.75, 3.05) is 11.9 Å². The number of aliphatic imine (C=N–C) groups is 1. The van der Waals surface area contributed by atoms with Crippen LogP contribution in [0.1, 0.15) is 55.3 Å². The van der Waals surface area contributed by atoms with E-state index >= 15 is 0 Å². The molecule has 0 aromatic heterocycles. The Morgan fingerprint density at radius 1 is 1.18 bits per heavy atom. The molecule has 3 aliphatic rings. The number of benzene rings is 2. The van der Waals surface area contributed by atoms with Crippen molar-refractivity contribution >= 4 is 35.2 Å². The molecule has 240 valence electrons. The van der Waals surface area contributed by atoms with Crippen LogP contribution >= 0.6 is 11.6 Å². The topological polar surface area (TPSA) is 101 Å². The standard InChI is InChI=1S/C31H30ClF6N5O2/c1-29-11-4-12-43(29)19(13-17-5-2-3-6-21(17)32)8-10-24(44)26(27(29)39)28(45)42-22-9-7-18(30(33,34)35)14-20(22)23-15-25(31(36,37)38)41-16-40-23/h2-3,5-7,9,14-16,19,23,39,44H,4,8,10-13H2,1H3,(H,40,41)(H,42,45). The predicted octanol–water partition coefficient (Wildman–Crippen LogP) is 7.51. The highest BCUT2D eigenvalue weighted by Gasteiger charge is 2.48. The van der Waals surface area contributed by atoms with E-state index < -0.39 is 41.1 Å². The van der Waals surface area contributed by atoms with Crippen molar-refractivity contribution in [3.8, 4) is 0 Å². The third kappa shape index (κ3) is 6.60. The Kier molecular flexibility index (Phi) is 8.80. The lowest BCUT2D eigenvalue weighted by molar-refractivity contribution is -0.137. The third-order valence-corrected chi connectivity index (χ3v) is 8.97. The lowest BCUT2D eigenvalue weighted by Crippen LogP contribution is -2.55. The number of nitrogens with zero attached hydrogens (tertiary/aromatic N) is 2. The number of carbonyl (C=O) groups is 1. The fourth-order valence-corrected chi connectivity index (χ4v) is 6.49. The van der Waals surface area contributed by atoms with Crippen molar-refractivity contribution in [1.82, 2.24) is 10.2 Å². The van der Waals surface area contributed by atoms with E-state index in [2.05, 4.69) is 15.2 Å². The lowest BCUT2D eigenvalue weighted by atomic mass is 9.82. The molecular weight excluding hydrogens is 624 g/mol. The Morgan fingerprint density at radius 2 is 1.91 bits per heavy atom. The number of allylic oxidation sites excluding steroid dienone is 2. The molecule has 1 fully saturated rings. The molecule has 14 heteroatoms. The van der Waals surface area contributed by atoms with E-state index in [4.69, 9.17) is 17.0 Å². The molecule has 7 nitrogen and oxygen atoms in total. The molecule has 4 N–H and O–H groups in total. The summed E-state index contributed by atoms with van der Waals surface area (Å²) >= 11 is 6.42. The number of aliphatic hydroxyl groups is 1. The minimum atomic E-state index is -4.83. The number of fused-ring (bicyclic) bond motifs is 1. The van der Waals surface area contributed by atoms with Crippen LogP contribution in [-0.4, -0.2) is 52.3 Å². The number of halogens is 7. The van der Waals surface area contributed by atoms with Crippen LogP contribution in [0.3, 0.4) is 0 Å². The Labute approximate surface area is 260 Å². The number of alkyl halides is 6. The second kappa shape index (κ2) is 12.2. The predicted molar refractivity (Wildman–Crippen MR) is 158 cm³/mol. The summed E-state index contributed by atoms with van der Waals surface area (Å²) in [5, 5.41) is 25.3. The Morgan fingerprint density at radius 3 is 2.60 bits per heavy atom. The number of hydrogen-bond acceptors (Lipinski definition) is 6. The van der Waals surface area contributed by atoms with Crippen LogP contribution < -0.4 is 10.6 Å². The maximum atomic E-state index is 13.8. The van der Waals surface area contributed by atoms with Gasteiger partial charge in [-0.1, -0.05) is 29.8 Å². The summed E-state index contributed by atoms with van der Waals surface area (Å²) in [5.74, 6) is -1.32. The first-order valence-corrected chi connectivity index (χ1v) is 14.6. The highest BCUT2D eigenvalue weighted by molar-refractivity contribution is 6.31. The summed E-state index contributed by atoms with van der Waals surface area (Å²) < 4.78 is 81.1. The highest BCUT2D eigenvalue weighted by atomic mass is 35.5. The SMILES string of the molecule is CC12CCCN1C(Cc1ccccc1Cl)CCC(O)=C(C(=O)Nc1ccc(C(F)(F)F)cc1C1C=C(C(F)(F)F)NC=N1)C2=N. The zero-order valence-electron chi connectivity index (χ0n) is 24.0. The number of nitrogens with one attached hydrogen (secondary N) is 3. The zero-order chi connectivity index (χ0) is 32.7. The van der Waals surface area contributed by atoms with E-state index in [1.54, 1.807) is 6.07 Å². The van der Waals surface area contributed by atoms with Crippen LogP contribution in [0.5, 0.6) is 0 Å². The molecule has 3 atom stereocenters. The molecule has 0 saturated carbocycles. The Hall–Kier alpha value is -3.84. The normalized spacial score (nSPS) is 24.4. The van der Waals surface area contributed by atoms with Crippen molar-refractivity contribution in [3.05, 3.63) is 87.3 Å². The van der Waals surface area contributed by atoms with E-state index in [-0.39, 0.29) is 40.8 Å². The molecule has 45 heavy (non-hydrogen) atoms. The smallest absolute Gasteiger partial charge is 0.431 e. The van der Waals surface area contributed by atoms with Gasteiger partial charge in [0, 0.05) is 28.7 Å². The summed E-state index contributed by atoms with van der Waals surface area (Å²) in [7, 11) is 0. The maximum absolute atomic E-state index is 13.8. The van der Waals surface area contributed by atoms with Crippen molar-refractivity contribution in [1.29, 1.82) is 5.41 Å². The van der Waals surface area contributed by atoms with Crippen LogP contribution in [0, 0.1) is 5.41 Å². The molecule has 0 aliphatic carbocycles. The molecule has 2 aromatic carbocycles. The van der Waals surface area contributed by atoms with Crippen molar-refractivity contribution in [3.63, 3.8) is 0 Å². The largest absolute Gasteiger partial charge is 0.511 e. The second-order valence-electron chi connectivity index (χ2n) is 11.5. The van der Waals surface area contributed by atoms with Gasteiger partial charge in [0.1, 0.15) is 11.5 Å². The fraction of sp³-hybridized carbons (Fsp3) is 0.387. The highest BCUT2D eigenvalue weighted by Crippen LogP contribution is 2.41. The molecule has 1 saturated heterocycles. The number of anilines is 1. The van der Waals surface area contributed by atoms with Gasteiger partial charge in [-0.05, 0) is 75.1 Å². The third-order valence-electron chi connectivity index (χ3n) is 8.60. The minimum Gasteiger partial charge on any atom is -0.511 e. The zero-order valence-corrected chi connectivity index (χ0v) is 24.7. The van der Waals surface area contributed by atoms with E-state index in [1.165, 1.54) is 0 Å². The van der Waals surface area contributed by atoms with Gasteiger partial charge in [0.15, 0.2) is 0 Å². The quantitative estimate of drug-likeness (QED) is 0.251. The van der Waals surface area contributed by atoms with Gasteiger partial charge >= 0.3 is 12.4 Å². The molecule has 0 bridgehead atoms. The number of carbonyl (C=O) groups excluding carboxylic acids is 1. The monoisotopic (exact) mass is 653 g/mol. The van der Waals surface area contributed by atoms with Gasteiger partial charge < -0.3 is 21.1 Å². The first kappa shape index (κ1) is 32.6. The van der Waals surface area contributed by atoms with Crippen molar-refractivity contribution in [2.24, 2.45) is 4.99 Å². The van der Waals surface area contributed by atoms with Gasteiger partial charge in [-0.2, -0.15) is 26.3 Å². The molecule has 3 heterocycles. The average Bonchev–Trinajstić information content (AvgIpc) is 3.37. The molecular formula is C31H30ClF6N5O2. The van der Waals surface area contributed by atoms with E-state index in [0.717, 1.165) is 24.4 Å². The summed E-state index contributed by atoms with van der Waals surface area (Å²) in [6.45, 7) is 2.44. The van der Waals surface area contributed by atoms with Crippen LogP contribution in [-0.2, 0) is 17.4 Å². The summed E-state index contributed by atoms with van der Waals surface area (Å²) in [6.07, 6.45) is -6.06. The lowest BCUT2D eigenvalue weighted by Gasteiger charge is -2.43. The van der Waals surface area contributed by atoms with Gasteiger partial charge in [0.2, 0.25) is 0 Å². The summed E-state index contributed by atoms with van der Waals surface area (Å²) in [5.41, 5.74) is -3.49. The molecule has 3 aliphatic heterocycles. The van der Waals surface area contributed by atoms with Gasteiger partial charge in [-0.25, -0.2) is 0 Å². The van der Waals surface area contributed by atoms with Crippen molar-refractivity contribution in [2.45, 2.75) is 69.0 Å². The van der Waals surface area contributed by atoms with Gasteiger partial charge in [0.25, 0.3) is 5.91 Å². The first-order valence-electron chi connectivity index (χ1n) is 14.2. The molecule has 0 radical (unpaired) electrons. The van der Waals surface area contributed by atoms with E-state index in [9.17, 15) is 36.2 Å². The average molecular weight is 654 g/mol. The van der Waals surface area contributed by atoms with Crippen LogP contribution in [0.2, 0.25) is 5.02 Å². The van der Waals surface area contributed by atoms with Crippen molar-refractivity contribution < 1.29 is 36.2 Å².